The van der Waals surface area contributed by atoms with Crippen LogP contribution in [0.2, 0.25) is 0 Å². The van der Waals surface area contributed by atoms with Gasteiger partial charge in [-0.05, 0) is 34.1 Å². The average Bonchev–Trinajstić information content (AvgIpc) is 2.76. The van der Waals surface area contributed by atoms with Gasteiger partial charge in [0.25, 0.3) is 0 Å². The largest absolute Gasteiger partial charge is 0.340 e. The van der Waals surface area contributed by atoms with Crippen molar-refractivity contribution in [2.45, 2.75) is 0 Å². The number of halogens is 1. The quantitative estimate of drug-likeness (QED) is 0.735. The molecule has 0 spiro atoms. The lowest BCUT2D eigenvalue weighted by Crippen LogP contribution is -1.93. The number of anilines is 2. The maximum atomic E-state index is 4.24. The molecule has 0 atom stereocenters. The summed E-state index contributed by atoms with van der Waals surface area (Å²) >= 11 is 4.93. The van der Waals surface area contributed by atoms with Crippen LogP contribution in [0.4, 0.5) is 11.5 Å². The first-order valence-corrected chi connectivity index (χ1v) is 6.56. The van der Waals surface area contributed by atoms with Gasteiger partial charge in [0.2, 0.25) is 0 Å². The Morgan fingerprint density at radius 2 is 2.06 bits per heavy atom. The van der Waals surface area contributed by atoms with E-state index in [0.717, 1.165) is 26.3 Å². The zero-order valence-electron chi connectivity index (χ0n) is 8.59. The Morgan fingerprint density at radius 3 is 2.94 bits per heavy atom. The molecular formula is C11H7BrN4S. The Bertz CT molecular complexity index is 667. The lowest BCUT2D eigenvalue weighted by atomic mass is 10.3. The molecule has 0 radical (unpaired) electrons. The van der Waals surface area contributed by atoms with Gasteiger partial charge in [0, 0.05) is 11.8 Å². The molecule has 0 fully saturated rings. The molecule has 3 aromatic rings. The highest BCUT2D eigenvalue weighted by Gasteiger charge is 2.00. The van der Waals surface area contributed by atoms with Crippen molar-refractivity contribution in [3.05, 3.63) is 40.7 Å². The van der Waals surface area contributed by atoms with E-state index in [4.69, 9.17) is 0 Å². The first kappa shape index (κ1) is 10.6. The second kappa shape index (κ2) is 4.38. The first-order valence-electron chi connectivity index (χ1n) is 4.89. The molecule has 3 rings (SSSR count). The Hall–Kier alpha value is -1.53. The molecule has 0 aliphatic rings. The van der Waals surface area contributed by atoms with Crippen LogP contribution in [0, 0.1) is 0 Å². The summed E-state index contributed by atoms with van der Waals surface area (Å²) in [6, 6.07) is 7.86. The molecule has 2 heterocycles. The van der Waals surface area contributed by atoms with Crippen LogP contribution in [0.3, 0.4) is 0 Å². The molecule has 4 nitrogen and oxygen atoms in total. The highest BCUT2D eigenvalue weighted by Crippen LogP contribution is 2.24. The third-order valence-electron chi connectivity index (χ3n) is 2.24. The standard InChI is InChI=1S/C11H7BrN4S/c12-10-4-11(14-5-13-10)16-7-1-2-8-9(3-7)17-6-15-8/h1-6H,(H,13,14,16). The van der Waals surface area contributed by atoms with Gasteiger partial charge in [-0.15, -0.1) is 11.3 Å². The summed E-state index contributed by atoms with van der Waals surface area (Å²) in [5.74, 6) is 0.760. The number of nitrogens with one attached hydrogen (secondary N) is 1. The molecular weight excluding hydrogens is 300 g/mol. The van der Waals surface area contributed by atoms with Gasteiger partial charge < -0.3 is 5.32 Å². The molecule has 0 aliphatic heterocycles. The fraction of sp³-hybridized carbons (Fsp3) is 0. The fourth-order valence-corrected chi connectivity index (χ4v) is 2.51. The van der Waals surface area contributed by atoms with E-state index >= 15 is 0 Å². The van der Waals surface area contributed by atoms with Crippen LogP contribution in [-0.2, 0) is 0 Å². The van der Waals surface area contributed by atoms with E-state index in [1.807, 2.05) is 23.7 Å². The van der Waals surface area contributed by atoms with Crippen molar-refractivity contribution >= 4 is 49.0 Å². The molecule has 0 unspecified atom stereocenters. The molecule has 0 aliphatic carbocycles. The van der Waals surface area contributed by atoms with Crippen LogP contribution in [0.15, 0.2) is 40.7 Å². The van der Waals surface area contributed by atoms with Gasteiger partial charge in [-0.3, -0.25) is 0 Å². The molecule has 0 bridgehead atoms. The molecule has 2 aromatic heterocycles. The van der Waals surface area contributed by atoms with Gasteiger partial charge in [0.15, 0.2) is 0 Å². The third kappa shape index (κ3) is 2.27. The number of fused-ring (bicyclic) bond motifs is 1. The maximum absolute atomic E-state index is 4.24. The van der Waals surface area contributed by atoms with E-state index in [1.165, 1.54) is 6.33 Å². The highest BCUT2D eigenvalue weighted by molar-refractivity contribution is 9.10. The Morgan fingerprint density at radius 1 is 1.12 bits per heavy atom. The lowest BCUT2D eigenvalue weighted by molar-refractivity contribution is 1.14. The number of hydrogen-bond donors (Lipinski definition) is 1. The minimum Gasteiger partial charge on any atom is -0.340 e. The van der Waals surface area contributed by atoms with Crippen LogP contribution >= 0.6 is 27.3 Å². The molecule has 1 aromatic carbocycles. The van der Waals surface area contributed by atoms with Crippen molar-refractivity contribution in [3.63, 3.8) is 0 Å². The summed E-state index contributed by atoms with van der Waals surface area (Å²) in [4.78, 5) is 12.4. The van der Waals surface area contributed by atoms with Crippen LogP contribution in [0.25, 0.3) is 10.2 Å². The van der Waals surface area contributed by atoms with Crippen molar-refractivity contribution in [3.8, 4) is 0 Å². The molecule has 1 N–H and O–H groups in total. The number of aromatic nitrogens is 3. The molecule has 0 saturated carbocycles. The Labute approximate surface area is 110 Å². The Kier molecular flexibility index (Phi) is 2.74. The zero-order valence-corrected chi connectivity index (χ0v) is 11.0. The zero-order chi connectivity index (χ0) is 11.7. The van der Waals surface area contributed by atoms with E-state index < -0.39 is 0 Å². The van der Waals surface area contributed by atoms with E-state index in [0.29, 0.717) is 0 Å². The fourth-order valence-electron chi connectivity index (χ4n) is 1.48. The topological polar surface area (TPSA) is 50.7 Å². The number of thiazole rings is 1. The average molecular weight is 307 g/mol. The molecule has 0 saturated heterocycles. The van der Waals surface area contributed by atoms with Gasteiger partial charge in [-0.25, -0.2) is 15.0 Å². The minimum atomic E-state index is 0.758. The first-order chi connectivity index (χ1) is 8.31. The summed E-state index contributed by atoms with van der Waals surface area (Å²) in [6.07, 6.45) is 1.51. The van der Waals surface area contributed by atoms with Crippen LogP contribution < -0.4 is 5.32 Å². The lowest BCUT2D eigenvalue weighted by Gasteiger charge is -2.04. The maximum Gasteiger partial charge on any atom is 0.134 e. The number of benzene rings is 1. The smallest absolute Gasteiger partial charge is 0.134 e. The summed E-state index contributed by atoms with van der Waals surface area (Å²) in [5.41, 5.74) is 3.85. The van der Waals surface area contributed by atoms with Gasteiger partial charge in [0.05, 0.1) is 15.7 Å². The minimum absolute atomic E-state index is 0.758. The van der Waals surface area contributed by atoms with Crippen molar-refractivity contribution in [1.29, 1.82) is 0 Å². The van der Waals surface area contributed by atoms with Gasteiger partial charge in [-0.1, -0.05) is 0 Å². The number of rotatable bonds is 2. The normalized spacial score (nSPS) is 10.6. The van der Waals surface area contributed by atoms with Crippen molar-refractivity contribution in [1.82, 2.24) is 15.0 Å². The number of hydrogen-bond acceptors (Lipinski definition) is 5. The summed E-state index contributed by atoms with van der Waals surface area (Å²) in [5, 5.41) is 3.22. The van der Waals surface area contributed by atoms with Crippen LogP contribution in [0.5, 0.6) is 0 Å². The molecule has 6 heteroatoms. The van der Waals surface area contributed by atoms with E-state index in [2.05, 4.69) is 42.3 Å². The predicted octanol–water partition coefficient (Wildman–Crippen LogP) is 3.59. The predicted molar refractivity (Wildman–Crippen MR) is 72.6 cm³/mol. The number of nitrogens with zero attached hydrogens (tertiary/aromatic N) is 3. The monoisotopic (exact) mass is 306 g/mol. The van der Waals surface area contributed by atoms with Crippen molar-refractivity contribution in [2.75, 3.05) is 5.32 Å². The van der Waals surface area contributed by atoms with E-state index in [-0.39, 0.29) is 0 Å². The molecule has 17 heavy (non-hydrogen) atoms. The summed E-state index contributed by atoms with van der Waals surface area (Å²) < 4.78 is 1.91. The highest BCUT2D eigenvalue weighted by atomic mass is 79.9. The van der Waals surface area contributed by atoms with Gasteiger partial charge >= 0.3 is 0 Å². The SMILES string of the molecule is Brc1cc(Nc2ccc3ncsc3c2)ncn1. The Balaban J connectivity index is 1.94. The molecule has 84 valence electrons. The third-order valence-corrected chi connectivity index (χ3v) is 3.46. The summed E-state index contributed by atoms with van der Waals surface area (Å²) in [7, 11) is 0. The second-order valence-electron chi connectivity index (χ2n) is 3.39. The van der Waals surface area contributed by atoms with Crippen LogP contribution in [-0.4, -0.2) is 15.0 Å². The van der Waals surface area contributed by atoms with Gasteiger partial charge in [-0.2, -0.15) is 0 Å². The summed E-state index contributed by atoms with van der Waals surface area (Å²) in [6.45, 7) is 0. The van der Waals surface area contributed by atoms with Crippen LogP contribution in [0.1, 0.15) is 0 Å². The van der Waals surface area contributed by atoms with Gasteiger partial charge in [0.1, 0.15) is 16.7 Å². The van der Waals surface area contributed by atoms with E-state index in [1.54, 1.807) is 11.3 Å². The van der Waals surface area contributed by atoms with Crippen molar-refractivity contribution in [2.24, 2.45) is 0 Å². The van der Waals surface area contributed by atoms with Crippen molar-refractivity contribution < 1.29 is 0 Å². The van der Waals surface area contributed by atoms with E-state index in [9.17, 15) is 0 Å². The second-order valence-corrected chi connectivity index (χ2v) is 5.08. The molecule has 0 amide bonds.